The standard InChI is InChI=1S/C22H16F2N2O2S/c1-12-3-4-14(7-13(12)2)16-10-29-21-20(16)22(28)26(11-25-21)9-19(27)15-5-6-17(23)18(24)8-15/h3-8,10-11H,9H2,1-2H3. The molecule has 0 fully saturated rings. The van der Waals surface area contributed by atoms with E-state index in [2.05, 4.69) is 4.98 Å². The van der Waals surface area contributed by atoms with Crippen LogP contribution in [-0.2, 0) is 6.54 Å². The average molecular weight is 410 g/mol. The van der Waals surface area contributed by atoms with Crippen molar-refractivity contribution in [2.75, 3.05) is 0 Å². The van der Waals surface area contributed by atoms with E-state index in [0.29, 0.717) is 10.2 Å². The minimum absolute atomic E-state index is 0.00408. The van der Waals surface area contributed by atoms with Crippen LogP contribution in [0.4, 0.5) is 8.78 Å². The fourth-order valence-corrected chi connectivity index (χ4v) is 4.02. The number of fused-ring (bicyclic) bond motifs is 1. The quantitative estimate of drug-likeness (QED) is 0.450. The van der Waals surface area contributed by atoms with Crippen LogP contribution >= 0.6 is 11.3 Å². The third-order valence-corrected chi connectivity index (χ3v) is 5.82. The minimum Gasteiger partial charge on any atom is -0.292 e. The summed E-state index contributed by atoms with van der Waals surface area (Å²) in [6.45, 7) is 3.71. The number of hydrogen-bond donors (Lipinski definition) is 0. The molecule has 0 amide bonds. The Balaban J connectivity index is 1.75. The number of aryl methyl sites for hydroxylation is 2. The Morgan fingerprint density at radius 3 is 2.59 bits per heavy atom. The van der Waals surface area contributed by atoms with E-state index in [-0.39, 0.29) is 17.7 Å². The number of hydrogen-bond acceptors (Lipinski definition) is 4. The van der Waals surface area contributed by atoms with E-state index in [1.54, 1.807) is 0 Å². The van der Waals surface area contributed by atoms with Gasteiger partial charge in [0.15, 0.2) is 17.4 Å². The van der Waals surface area contributed by atoms with Crippen molar-refractivity contribution in [1.82, 2.24) is 9.55 Å². The fourth-order valence-electron chi connectivity index (χ4n) is 3.12. The summed E-state index contributed by atoms with van der Waals surface area (Å²) in [6.07, 6.45) is 1.31. The van der Waals surface area contributed by atoms with Gasteiger partial charge in [-0.05, 0) is 48.7 Å². The van der Waals surface area contributed by atoms with Crippen molar-refractivity contribution in [3.05, 3.63) is 86.8 Å². The summed E-state index contributed by atoms with van der Waals surface area (Å²) in [5, 5.41) is 2.32. The molecule has 29 heavy (non-hydrogen) atoms. The molecule has 0 radical (unpaired) electrons. The van der Waals surface area contributed by atoms with Crippen LogP contribution in [0.5, 0.6) is 0 Å². The highest BCUT2D eigenvalue weighted by atomic mass is 32.1. The number of thiophene rings is 1. The Morgan fingerprint density at radius 2 is 1.86 bits per heavy atom. The molecule has 0 aliphatic rings. The summed E-state index contributed by atoms with van der Waals surface area (Å²) in [7, 11) is 0. The first kappa shape index (κ1) is 19.1. The summed E-state index contributed by atoms with van der Waals surface area (Å²) in [4.78, 5) is 30.4. The predicted octanol–water partition coefficient (Wildman–Crippen LogP) is 4.90. The Kier molecular flexibility index (Phi) is 4.84. The second-order valence-electron chi connectivity index (χ2n) is 6.86. The highest BCUT2D eigenvalue weighted by Crippen LogP contribution is 2.31. The van der Waals surface area contributed by atoms with Crippen molar-refractivity contribution < 1.29 is 13.6 Å². The lowest BCUT2D eigenvalue weighted by atomic mass is 10.0. The van der Waals surface area contributed by atoms with Crippen LogP contribution in [0.2, 0.25) is 0 Å². The van der Waals surface area contributed by atoms with Crippen LogP contribution in [0.3, 0.4) is 0 Å². The SMILES string of the molecule is Cc1ccc(-c2csc3ncn(CC(=O)c4ccc(F)c(F)c4)c(=O)c23)cc1C. The molecule has 0 saturated carbocycles. The van der Waals surface area contributed by atoms with E-state index in [4.69, 9.17) is 0 Å². The number of Topliss-reactive ketones (excluding diaryl/α,β-unsaturated/α-hetero) is 1. The molecule has 4 nitrogen and oxygen atoms in total. The second-order valence-corrected chi connectivity index (χ2v) is 7.72. The lowest BCUT2D eigenvalue weighted by Gasteiger charge is -2.07. The molecule has 0 aliphatic carbocycles. The number of ketones is 1. The Bertz CT molecular complexity index is 1320. The lowest BCUT2D eigenvalue weighted by Crippen LogP contribution is -2.24. The second kappa shape index (κ2) is 7.33. The number of rotatable bonds is 4. The number of benzene rings is 2. The molecule has 0 saturated heterocycles. The minimum atomic E-state index is -1.10. The zero-order valence-corrected chi connectivity index (χ0v) is 16.5. The lowest BCUT2D eigenvalue weighted by molar-refractivity contribution is 0.0970. The normalized spacial score (nSPS) is 11.2. The third-order valence-electron chi connectivity index (χ3n) is 4.93. The largest absolute Gasteiger partial charge is 0.292 e. The van der Waals surface area contributed by atoms with Crippen molar-refractivity contribution in [1.29, 1.82) is 0 Å². The molecule has 4 aromatic rings. The molecule has 2 aromatic carbocycles. The topological polar surface area (TPSA) is 52.0 Å². The highest BCUT2D eigenvalue weighted by Gasteiger charge is 2.16. The summed E-state index contributed by atoms with van der Waals surface area (Å²) < 4.78 is 27.7. The van der Waals surface area contributed by atoms with Gasteiger partial charge in [0.05, 0.1) is 18.3 Å². The zero-order valence-electron chi connectivity index (χ0n) is 15.7. The van der Waals surface area contributed by atoms with Crippen LogP contribution in [0.1, 0.15) is 21.5 Å². The van der Waals surface area contributed by atoms with E-state index in [1.807, 2.05) is 37.4 Å². The average Bonchev–Trinajstić information content (AvgIpc) is 3.13. The molecular weight excluding hydrogens is 394 g/mol. The van der Waals surface area contributed by atoms with E-state index >= 15 is 0 Å². The smallest absolute Gasteiger partial charge is 0.263 e. The van der Waals surface area contributed by atoms with Crippen molar-refractivity contribution in [3.63, 3.8) is 0 Å². The van der Waals surface area contributed by atoms with Gasteiger partial charge < -0.3 is 0 Å². The molecule has 0 unspecified atom stereocenters. The molecule has 0 aliphatic heterocycles. The summed E-state index contributed by atoms with van der Waals surface area (Å²) in [6, 6.07) is 8.88. The molecule has 0 spiro atoms. The molecule has 7 heteroatoms. The maximum atomic E-state index is 13.4. The van der Waals surface area contributed by atoms with Gasteiger partial charge in [-0.3, -0.25) is 14.2 Å². The molecular formula is C22H16F2N2O2S. The van der Waals surface area contributed by atoms with Gasteiger partial charge in [0.25, 0.3) is 5.56 Å². The number of nitrogens with zero attached hydrogens (tertiary/aromatic N) is 2. The van der Waals surface area contributed by atoms with Crippen LogP contribution < -0.4 is 5.56 Å². The van der Waals surface area contributed by atoms with E-state index in [1.165, 1.54) is 28.3 Å². The summed E-state index contributed by atoms with van der Waals surface area (Å²) >= 11 is 1.36. The molecule has 2 aromatic heterocycles. The Hall–Kier alpha value is -3.19. The van der Waals surface area contributed by atoms with Gasteiger partial charge in [0, 0.05) is 16.5 Å². The van der Waals surface area contributed by atoms with Gasteiger partial charge in [-0.2, -0.15) is 0 Å². The first-order valence-corrected chi connectivity index (χ1v) is 9.75. The van der Waals surface area contributed by atoms with Crippen molar-refractivity contribution in [2.45, 2.75) is 20.4 Å². The van der Waals surface area contributed by atoms with Crippen LogP contribution in [-0.4, -0.2) is 15.3 Å². The third kappa shape index (κ3) is 3.49. The van der Waals surface area contributed by atoms with E-state index in [9.17, 15) is 18.4 Å². The van der Waals surface area contributed by atoms with Gasteiger partial charge in [-0.1, -0.05) is 18.2 Å². The first-order chi connectivity index (χ1) is 13.8. The number of halogens is 2. The maximum Gasteiger partial charge on any atom is 0.263 e. The van der Waals surface area contributed by atoms with Gasteiger partial charge in [-0.25, -0.2) is 13.8 Å². The van der Waals surface area contributed by atoms with Crippen LogP contribution in [0, 0.1) is 25.5 Å². The monoisotopic (exact) mass is 410 g/mol. The van der Waals surface area contributed by atoms with Gasteiger partial charge in [-0.15, -0.1) is 11.3 Å². The predicted molar refractivity (Wildman–Crippen MR) is 109 cm³/mol. The van der Waals surface area contributed by atoms with E-state index in [0.717, 1.165) is 34.4 Å². The van der Waals surface area contributed by atoms with Crippen LogP contribution in [0.15, 0.2) is 52.9 Å². The Morgan fingerprint density at radius 1 is 1.07 bits per heavy atom. The molecule has 0 bridgehead atoms. The fraction of sp³-hybridized carbons (Fsp3) is 0.136. The molecule has 146 valence electrons. The van der Waals surface area contributed by atoms with E-state index < -0.39 is 17.4 Å². The highest BCUT2D eigenvalue weighted by molar-refractivity contribution is 7.17. The molecule has 0 atom stereocenters. The Labute approximate surface area is 169 Å². The molecule has 0 N–H and O–H groups in total. The van der Waals surface area contributed by atoms with Crippen molar-refractivity contribution in [2.24, 2.45) is 0 Å². The maximum absolute atomic E-state index is 13.4. The zero-order chi connectivity index (χ0) is 20.7. The summed E-state index contributed by atoms with van der Waals surface area (Å²) in [5.74, 6) is -2.64. The van der Waals surface area contributed by atoms with Crippen molar-refractivity contribution >= 4 is 27.3 Å². The van der Waals surface area contributed by atoms with Gasteiger partial charge >= 0.3 is 0 Å². The molecule has 2 heterocycles. The number of aromatic nitrogens is 2. The molecule has 4 rings (SSSR count). The van der Waals surface area contributed by atoms with Crippen molar-refractivity contribution in [3.8, 4) is 11.1 Å². The number of carbonyl (C=O) groups is 1. The summed E-state index contributed by atoms with van der Waals surface area (Å²) in [5.41, 5.74) is 3.58. The number of carbonyl (C=O) groups excluding carboxylic acids is 1. The van der Waals surface area contributed by atoms with Crippen LogP contribution in [0.25, 0.3) is 21.3 Å². The first-order valence-electron chi connectivity index (χ1n) is 8.87. The van der Waals surface area contributed by atoms with Gasteiger partial charge in [0.2, 0.25) is 0 Å². The van der Waals surface area contributed by atoms with Gasteiger partial charge in [0.1, 0.15) is 4.83 Å².